The van der Waals surface area contributed by atoms with Gasteiger partial charge in [-0.1, -0.05) is 78.3 Å². The van der Waals surface area contributed by atoms with Crippen LogP contribution in [0.25, 0.3) is 22.5 Å². The summed E-state index contributed by atoms with van der Waals surface area (Å²) in [6, 6.07) is 16.2. The van der Waals surface area contributed by atoms with Crippen LogP contribution in [0.1, 0.15) is 45.8 Å². The van der Waals surface area contributed by atoms with Gasteiger partial charge in [-0.15, -0.1) is 21.5 Å². The molecule has 2 aromatic carbocycles. The Bertz CT molecular complexity index is 1450. The van der Waals surface area contributed by atoms with Gasteiger partial charge < -0.3 is 10.1 Å². The summed E-state index contributed by atoms with van der Waals surface area (Å²) in [6.45, 7) is 10.0. The molecule has 0 bridgehead atoms. The fourth-order valence-corrected chi connectivity index (χ4v) is 5.65. The lowest BCUT2D eigenvalue weighted by atomic mass is 10.0. The third-order valence-electron chi connectivity index (χ3n) is 5.95. The molecule has 0 aliphatic heterocycles. The standard InChI is InChI=1S/C29H30N4O3S2/c1-6-22-19(5)24(28(35)36-7-2)27(38-22)30-23(34)16-37-29-31-25(20-12-8-17(3)9-13-20)26(32-33-29)21-14-10-18(4)11-15-21/h8-15H,6-7,16H2,1-5H3,(H,30,34). The number of nitrogens with zero attached hydrogens (tertiary/aromatic N) is 3. The number of nitrogens with one attached hydrogen (secondary N) is 1. The monoisotopic (exact) mass is 546 g/mol. The number of carbonyl (C=O) groups is 2. The van der Waals surface area contributed by atoms with E-state index in [0.717, 1.165) is 39.1 Å². The molecule has 38 heavy (non-hydrogen) atoms. The van der Waals surface area contributed by atoms with Crippen molar-refractivity contribution < 1.29 is 14.3 Å². The van der Waals surface area contributed by atoms with E-state index in [4.69, 9.17) is 9.72 Å². The van der Waals surface area contributed by atoms with Crippen molar-refractivity contribution in [3.63, 3.8) is 0 Å². The molecule has 0 unspecified atom stereocenters. The summed E-state index contributed by atoms with van der Waals surface area (Å²) in [5.74, 6) is -0.613. The Hall–Kier alpha value is -3.56. The number of amides is 1. The van der Waals surface area contributed by atoms with Crippen molar-refractivity contribution in [3.05, 3.63) is 75.7 Å². The van der Waals surface area contributed by atoms with Gasteiger partial charge in [0.15, 0.2) is 0 Å². The molecule has 4 rings (SSSR count). The Balaban J connectivity index is 1.56. The summed E-state index contributed by atoms with van der Waals surface area (Å²) >= 11 is 2.61. The van der Waals surface area contributed by atoms with E-state index in [0.29, 0.717) is 27.1 Å². The summed E-state index contributed by atoms with van der Waals surface area (Å²) in [5.41, 5.74) is 6.81. The van der Waals surface area contributed by atoms with Crippen molar-refractivity contribution in [1.82, 2.24) is 15.2 Å². The van der Waals surface area contributed by atoms with Gasteiger partial charge in [0.05, 0.1) is 17.9 Å². The fraction of sp³-hybridized carbons (Fsp3) is 0.276. The van der Waals surface area contributed by atoms with E-state index in [-0.39, 0.29) is 18.3 Å². The van der Waals surface area contributed by atoms with Crippen molar-refractivity contribution in [2.45, 2.75) is 46.2 Å². The lowest BCUT2D eigenvalue weighted by Crippen LogP contribution is -2.16. The average Bonchev–Trinajstić information content (AvgIpc) is 3.23. The summed E-state index contributed by atoms with van der Waals surface area (Å²) in [6.07, 6.45) is 0.766. The lowest BCUT2D eigenvalue weighted by Gasteiger charge is -2.10. The van der Waals surface area contributed by atoms with Crippen LogP contribution in [0.5, 0.6) is 0 Å². The van der Waals surface area contributed by atoms with Gasteiger partial charge in [0.2, 0.25) is 11.1 Å². The van der Waals surface area contributed by atoms with Crippen molar-refractivity contribution >= 4 is 40.0 Å². The minimum atomic E-state index is -0.425. The van der Waals surface area contributed by atoms with Gasteiger partial charge in [0.25, 0.3) is 0 Å². The third-order valence-corrected chi connectivity index (χ3v) is 8.14. The Morgan fingerprint density at radius 1 is 0.895 bits per heavy atom. The van der Waals surface area contributed by atoms with Gasteiger partial charge in [-0.05, 0) is 39.7 Å². The van der Waals surface area contributed by atoms with Crippen LogP contribution in [-0.2, 0) is 16.0 Å². The number of ether oxygens (including phenoxy) is 1. The number of carbonyl (C=O) groups excluding carboxylic acids is 2. The topological polar surface area (TPSA) is 94.1 Å². The number of aromatic nitrogens is 3. The zero-order valence-corrected chi connectivity index (χ0v) is 23.8. The second-order valence-corrected chi connectivity index (χ2v) is 10.8. The first-order valence-corrected chi connectivity index (χ1v) is 14.2. The fourth-order valence-electron chi connectivity index (χ4n) is 3.92. The van der Waals surface area contributed by atoms with Gasteiger partial charge in [-0.3, -0.25) is 4.79 Å². The largest absolute Gasteiger partial charge is 0.462 e. The van der Waals surface area contributed by atoms with E-state index in [2.05, 4.69) is 15.5 Å². The van der Waals surface area contributed by atoms with Gasteiger partial charge in [-0.2, -0.15) is 0 Å². The molecule has 4 aromatic rings. The molecule has 0 radical (unpaired) electrons. The van der Waals surface area contributed by atoms with Gasteiger partial charge in [0, 0.05) is 16.0 Å². The van der Waals surface area contributed by atoms with E-state index in [1.165, 1.54) is 23.1 Å². The van der Waals surface area contributed by atoms with Crippen LogP contribution in [0.4, 0.5) is 5.00 Å². The van der Waals surface area contributed by atoms with Crippen molar-refractivity contribution in [1.29, 1.82) is 0 Å². The Kier molecular flexibility index (Phi) is 8.91. The molecule has 0 saturated carbocycles. The molecule has 2 heterocycles. The molecule has 2 aromatic heterocycles. The maximum atomic E-state index is 12.9. The number of benzene rings is 2. The van der Waals surface area contributed by atoms with Crippen molar-refractivity contribution in [2.75, 3.05) is 17.7 Å². The lowest BCUT2D eigenvalue weighted by molar-refractivity contribution is -0.113. The number of thioether (sulfide) groups is 1. The molecule has 0 aliphatic rings. The highest BCUT2D eigenvalue weighted by molar-refractivity contribution is 7.99. The van der Waals surface area contributed by atoms with E-state index < -0.39 is 5.97 Å². The molecule has 1 N–H and O–H groups in total. The highest BCUT2D eigenvalue weighted by Gasteiger charge is 2.23. The predicted molar refractivity (Wildman–Crippen MR) is 154 cm³/mol. The Labute approximate surface area is 231 Å². The van der Waals surface area contributed by atoms with Crippen LogP contribution < -0.4 is 5.32 Å². The molecule has 1 amide bonds. The van der Waals surface area contributed by atoms with Crippen LogP contribution in [-0.4, -0.2) is 39.4 Å². The number of thiophene rings is 1. The van der Waals surface area contributed by atoms with Crippen LogP contribution in [0, 0.1) is 20.8 Å². The number of anilines is 1. The molecule has 0 aliphatic carbocycles. The van der Waals surface area contributed by atoms with E-state index in [1.807, 2.05) is 76.2 Å². The van der Waals surface area contributed by atoms with Crippen molar-refractivity contribution in [2.24, 2.45) is 0 Å². The number of rotatable bonds is 9. The maximum Gasteiger partial charge on any atom is 0.341 e. The second-order valence-electron chi connectivity index (χ2n) is 8.79. The van der Waals surface area contributed by atoms with E-state index in [1.54, 1.807) is 6.92 Å². The molecule has 196 valence electrons. The molecule has 7 nitrogen and oxygen atoms in total. The summed E-state index contributed by atoms with van der Waals surface area (Å²) in [4.78, 5) is 31.3. The SMILES string of the molecule is CCOC(=O)c1c(NC(=O)CSc2nnc(-c3ccc(C)cc3)c(-c3ccc(C)cc3)n2)sc(CC)c1C. The molecule has 0 atom stereocenters. The predicted octanol–water partition coefficient (Wildman–Crippen LogP) is 6.66. The second kappa shape index (κ2) is 12.3. The first-order chi connectivity index (χ1) is 18.3. The maximum absolute atomic E-state index is 12.9. The zero-order valence-electron chi connectivity index (χ0n) is 22.1. The van der Waals surface area contributed by atoms with Gasteiger partial charge >= 0.3 is 5.97 Å². The van der Waals surface area contributed by atoms with Crippen LogP contribution >= 0.6 is 23.1 Å². The summed E-state index contributed by atoms with van der Waals surface area (Å²) < 4.78 is 5.22. The number of aryl methyl sites for hydroxylation is 3. The number of esters is 1. The molecule has 0 saturated heterocycles. The highest BCUT2D eigenvalue weighted by Crippen LogP contribution is 2.35. The van der Waals surface area contributed by atoms with Crippen LogP contribution in [0.2, 0.25) is 0 Å². The average molecular weight is 547 g/mol. The Morgan fingerprint density at radius 3 is 2.08 bits per heavy atom. The molecular weight excluding hydrogens is 516 g/mol. The first-order valence-electron chi connectivity index (χ1n) is 12.4. The zero-order chi connectivity index (χ0) is 27.2. The molecule has 9 heteroatoms. The normalized spacial score (nSPS) is 10.9. The summed E-state index contributed by atoms with van der Waals surface area (Å²) in [5, 5.41) is 12.6. The minimum Gasteiger partial charge on any atom is -0.462 e. The van der Waals surface area contributed by atoms with E-state index in [9.17, 15) is 9.59 Å². The summed E-state index contributed by atoms with van der Waals surface area (Å²) in [7, 11) is 0. The minimum absolute atomic E-state index is 0.0690. The number of hydrogen-bond acceptors (Lipinski definition) is 8. The van der Waals surface area contributed by atoms with E-state index >= 15 is 0 Å². The molecular formula is C29H30N4O3S2. The smallest absolute Gasteiger partial charge is 0.341 e. The van der Waals surface area contributed by atoms with Gasteiger partial charge in [0.1, 0.15) is 16.4 Å². The first kappa shape index (κ1) is 27.5. The number of hydrogen-bond donors (Lipinski definition) is 1. The highest BCUT2D eigenvalue weighted by atomic mass is 32.2. The van der Waals surface area contributed by atoms with Crippen molar-refractivity contribution in [3.8, 4) is 22.5 Å². The van der Waals surface area contributed by atoms with Crippen LogP contribution in [0.15, 0.2) is 53.7 Å². The van der Waals surface area contributed by atoms with Crippen LogP contribution in [0.3, 0.4) is 0 Å². The Morgan fingerprint density at radius 2 is 1.50 bits per heavy atom. The molecule has 0 fully saturated rings. The molecule has 0 spiro atoms. The quantitative estimate of drug-likeness (QED) is 0.185. The third kappa shape index (κ3) is 6.28. The van der Waals surface area contributed by atoms with Gasteiger partial charge in [-0.25, -0.2) is 9.78 Å².